The zero-order chi connectivity index (χ0) is 20.5. The third kappa shape index (κ3) is 3.49. The highest BCUT2D eigenvalue weighted by molar-refractivity contribution is 6.30. The van der Waals surface area contributed by atoms with Crippen LogP contribution in [0, 0.1) is 0 Å². The molecule has 0 aliphatic heterocycles. The number of carbonyl (C=O) groups excluding carboxylic acids is 1. The Bertz CT molecular complexity index is 1310. The van der Waals surface area contributed by atoms with Gasteiger partial charge in [0.15, 0.2) is 5.82 Å². The number of pyridine rings is 1. The molecule has 146 valence electrons. The van der Waals surface area contributed by atoms with Crippen LogP contribution in [0.2, 0.25) is 5.02 Å². The summed E-state index contributed by atoms with van der Waals surface area (Å²) in [6.45, 7) is 0.561. The first-order chi connectivity index (χ1) is 14.7. The number of ketones is 1. The van der Waals surface area contributed by atoms with Gasteiger partial charge in [0.25, 0.3) is 0 Å². The molecule has 1 N–H and O–H groups in total. The lowest BCUT2D eigenvalue weighted by Crippen LogP contribution is -2.04. The molecule has 0 fully saturated rings. The van der Waals surface area contributed by atoms with Crippen LogP contribution in [0.4, 0.5) is 0 Å². The van der Waals surface area contributed by atoms with Crippen LogP contribution in [-0.2, 0) is 6.54 Å². The average molecular weight is 414 g/mol. The van der Waals surface area contributed by atoms with Gasteiger partial charge < -0.3 is 9.55 Å². The van der Waals surface area contributed by atoms with Crippen LogP contribution >= 0.6 is 11.6 Å². The van der Waals surface area contributed by atoms with E-state index in [0.717, 1.165) is 11.1 Å². The Morgan fingerprint density at radius 1 is 1.00 bits per heavy atom. The highest BCUT2D eigenvalue weighted by Gasteiger charge is 2.20. The highest BCUT2D eigenvalue weighted by atomic mass is 35.5. The molecule has 0 unspecified atom stereocenters. The number of imidazole rings is 2. The van der Waals surface area contributed by atoms with E-state index in [1.165, 1.54) is 0 Å². The minimum Gasteiger partial charge on any atom is -0.334 e. The van der Waals surface area contributed by atoms with E-state index in [0.29, 0.717) is 34.1 Å². The van der Waals surface area contributed by atoms with Gasteiger partial charge in [-0.1, -0.05) is 54.1 Å². The van der Waals surface area contributed by atoms with Crippen molar-refractivity contribution in [3.05, 3.63) is 101 Å². The molecule has 0 saturated heterocycles. The number of aromatic amines is 1. The molecule has 7 heteroatoms. The standard InChI is InChI=1S/C23H16ClN5O/c24-17-8-6-15(7-9-17)13-29-14-20(28-23(29)16-4-2-1-3-5-16)21(30)22-26-18-10-11-25-12-19(18)27-22/h1-12,14H,13H2,(H,26,27). The second-order valence-corrected chi connectivity index (χ2v) is 7.31. The van der Waals surface area contributed by atoms with Crippen molar-refractivity contribution in [2.45, 2.75) is 6.54 Å². The Morgan fingerprint density at radius 3 is 2.57 bits per heavy atom. The molecule has 0 bridgehead atoms. The Kier molecular flexibility index (Phi) is 4.61. The topological polar surface area (TPSA) is 76.5 Å². The molecule has 0 atom stereocenters. The van der Waals surface area contributed by atoms with Crippen molar-refractivity contribution in [1.82, 2.24) is 24.5 Å². The number of H-pyrrole nitrogens is 1. The summed E-state index contributed by atoms with van der Waals surface area (Å²) in [6, 6.07) is 19.2. The van der Waals surface area contributed by atoms with Crippen molar-refractivity contribution in [2.75, 3.05) is 0 Å². The molecule has 30 heavy (non-hydrogen) atoms. The van der Waals surface area contributed by atoms with Gasteiger partial charge in [-0.2, -0.15) is 0 Å². The van der Waals surface area contributed by atoms with Crippen LogP contribution in [0.25, 0.3) is 22.4 Å². The number of aromatic nitrogens is 5. The Balaban J connectivity index is 1.56. The molecule has 5 aromatic rings. The van der Waals surface area contributed by atoms with Gasteiger partial charge in [-0.15, -0.1) is 0 Å². The van der Waals surface area contributed by atoms with E-state index < -0.39 is 0 Å². The third-order valence-corrected chi connectivity index (χ3v) is 5.06. The molecule has 0 aliphatic rings. The minimum atomic E-state index is -0.266. The van der Waals surface area contributed by atoms with E-state index in [-0.39, 0.29) is 11.6 Å². The molecule has 0 radical (unpaired) electrons. The summed E-state index contributed by atoms with van der Waals surface area (Å²) in [6.07, 6.45) is 5.06. The first-order valence-corrected chi connectivity index (χ1v) is 9.76. The van der Waals surface area contributed by atoms with Crippen molar-refractivity contribution in [3.63, 3.8) is 0 Å². The summed E-state index contributed by atoms with van der Waals surface area (Å²) in [5.74, 6) is 0.693. The number of halogens is 1. The number of nitrogens with one attached hydrogen (secondary N) is 1. The largest absolute Gasteiger partial charge is 0.334 e. The van der Waals surface area contributed by atoms with E-state index in [1.807, 2.05) is 59.2 Å². The fraction of sp³-hybridized carbons (Fsp3) is 0.0435. The molecule has 0 amide bonds. The predicted octanol–water partition coefficient (Wildman–Crippen LogP) is 4.75. The Morgan fingerprint density at radius 2 is 1.80 bits per heavy atom. The van der Waals surface area contributed by atoms with Crippen molar-refractivity contribution in [3.8, 4) is 11.4 Å². The Hall–Kier alpha value is -3.77. The summed E-state index contributed by atoms with van der Waals surface area (Å²) in [5, 5.41) is 0.683. The molecule has 2 aromatic carbocycles. The van der Waals surface area contributed by atoms with Gasteiger partial charge in [0.1, 0.15) is 11.5 Å². The maximum Gasteiger partial charge on any atom is 0.248 e. The average Bonchev–Trinajstić information content (AvgIpc) is 3.40. The van der Waals surface area contributed by atoms with Gasteiger partial charge in [0, 0.05) is 29.5 Å². The minimum absolute atomic E-state index is 0.244. The van der Waals surface area contributed by atoms with Crippen LogP contribution in [0.1, 0.15) is 21.9 Å². The van der Waals surface area contributed by atoms with E-state index in [2.05, 4.69) is 19.9 Å². The van der Waals surface area contributed by atoms with Gasteiger partial charge in [-0.05, 0) is 23.8 Å². The van der Waals surface area contributed by atoms with Crippen LogP contribution < -0.4 is 0 Å². The highest BCUT2D eigenvalue weighted by Crippen LogP contribution is 2.22. The number of hydrogen-bond donors (Lipinski definition) is 1. The number of benzene rings is 2. The SMILES string of the molecule is O=C(c1cn(Cc2ccc(Cl)cc2)c(-c2ccccc2)n1)c1nc2ccncc2[nH]1. The first-order valence-electron chi connectivity index (χ1n) is 9.39. The molecule has 0 spiro atoms. The van der Waals surface area contributed by atoms with Crippen molar-refractivity contribution in [2.24, 2.45) is 0 Å². The van der Waals surface area contributed by atoms with Crippen LogP contribution in [-0.4, -0.2) is 30.3 Å². The summed E-state index contributed by atoms with van der Waals surface area (Å²) in [5.41, 5.74) is 3.72. The lowest BCUT2D eigenvalue weighted by molar-refractivity contribution is 0.102. The number of hydrogen-bond acceptors (Lipinski definition) is 4. The van der Waals surface area contributed by atoms with Gasteiger partial charge in [-0.3, -0.25) is 9.78 Å². The maximum absolute atomic E-state index is 13.1. The monoisotopic (exact) mass is 413 g/mol. The molecule has 3 heterocycles. The van der Waals surface area contributed by atoms with Gasteiger partial charge in [0.2, 0.25) is 5.78 Å². The van der Waals surface area contributed by atoms with E-state index in [4.69, 9.17) is 11.6 Å². The lowest BCUT2D eigenvalue weighted by Gasteiger charge is -2.08. The number of fused-ring (bicyclic) bond motifs is 1. The van der Waals surface area contributed by atoms with Crippen LogP contribution in [0.5, 0.6) is 0 Å². The molecule has 0 aliphatic carbocycles. The van der Waals surface area contributed by atoms with Crippen molar-refractivity contribution >= 4 is 28.4 Å². The summed E-state index contributed by atoms with van der Waals surface area (Å²) in [4.78, 5) is 29.2. The molecular formula is C23H16ClN5O. The fourth-order valence-corrected chi connectivity index (χ4v) is 3.46. The van der Waals surface area contributed by atoms with E-state index in [1.54, 1.807) is 24.7 Å². The van der Waals surface area contributed by atoms with E-state index >= 15 is 0 Å². The Labute approximate surface area is 177 Å². The predicted molar refractivity (Wildman–Crippen MR) is 116 cm³/mol. The molecule has 6 nitrogen and oxygen atoms in total. The van der Waals surface area contributed by atoms with Crippen molar-refractivity contribution < 1.29 is 4.79 Å². The number of rotatable bonds is 5. The zero-order valence-electron chi connectivity index (χ0n) is 15.8. The normalized spacial score (nSPS) is 11.1. The summed E-state index contributed by atoms with van der Waals surface area (Å²) >= 11 is 6.01. The van der Waals surface area contributed by atoms with Crippen LogP contribution in [0.3, 0.4) is 0 Å². The second-order valence-electron chi connectivity index (χ2n) is 6.88. The van der Waals surface area contributed by atoms with Gasteiger partial charge >= 0.3 is 0 Å². The summed E-state index contributed by atoms with van der Waals surface area (Å²) < 4.78 is 1.97. The molecule has 3 aromatic heterocycles. The molecular weight excluding hydrogens is 398 g/mol. The quantitative estimate of drug-likeness (QED) is 0.422. The fourth-order valence-electron chi connectivity index (χ4n) is 3.34. The third-order valence-electron chi connectivity index (χ3n) is 4.81. The second kappa shape index (κ2) is 7.57. The number of carbonyl (C=O) groups is 1. The first kappa shape index (κ1) is 18.3. The van der Waals surface area contributed by atoms with Gasteiger partial charge in [-0.25, -0.2) is 9.97 Å². The van der Waals surface area contributed by atoms with Crippen molar-refractivity contribution in [1.29, 1.82) is 0 Å². The smallest absolute Gasteiger partial charge is 0.248 e. The lowest BCUT2D eigenvalue weighted by atomic mass is 10.2. The number of nitrogens with zero attached hydrogens (tertiary/aromatic N) is 4. The van der Waals surface area contributed by atoms with E-state index in [9.17, 15) is 4.79 Å². The van der Waals surface area contributed by atoms with Crippen LogP contribution in [0.15, 0.2) is 79.3 Å². The molecule has 5 rings (SSSR count). The van der Waals surface area contributed by atoms with Gasteiger partial charge in [0.05, 0.1) is 17.2 Å². The summed E-state index contributed by atoms with van der Waals surface area (Å²) in [7, 11) is 0. The maximum atomic E-state index is 13.1. The molecule has 0 saturated carbocycles. The zero-order valence-corrected chi connectivity index (χ0v) is 16.5.